The number of halogens is 1. The van der Waals surface area contributed by atoms with Crippen LogP contribution in [0.2, 0.25) is 5.02 Å². The molecule has 3 rings (SSSR count). The van der Waals surface area contributed by atoms with E-state index in [4.69, 9.17) is 16.3 Å². The zero-order valence-electron chi connectivity index (χ0n) is 16.0. The van der Waals surface area contributed by atoms with Crippen molar-refractivity contribution in [3.63, 3.8) is 0 Å². The Morgan fingerprint density at radius 3 is 2.75 bits per heavy atom. The number of aromatic nitrogens is 1. The maximum atomic E-state index is 10.9. The molecule has 4 nitrogen and oxygen atoms in total. The first-order valence-corrected chi connectivity index (χ1v) is 10.4. The van der Waals surface area contributed by atoms with Gasteiger partial charge in [-0.15, -0.1) is 0 Å². The maximum Gasteiger partial charge on any atom is 0.302 e. The lowest BCUT2D eigenvalue weighted by molar-refractivity contribution is -0.141. The molecule has 0 unspecified atom stereocenters. The van der Waals surface area contributed by atoms with Crippen molar-refractivity contribution in [2.24, 2.45) is 0 Å². The molecule has 0 bridgehead atoms. The standard InChI is InChI=1S/C22H23ClN2O2S/c1-3-25(13-14-27-16(2)26)12-4-5-17-6-11-20-21(15-17)28-24-22(20)18-7-9-19(23)10-8-18/h4-11,15H,3,12-14H2,1-2H3/b5-4-. The minimum absolute atomic E-state index is 0.234. The van der Waals surface area contributed by atoms with Crippen LogP contribution in [0.25, 0.3) is 27.4 Å². The first-order chi connectivity index (χ1) is 13.6. The van der Waals surface area contributed by atoms with Crippen LogP contribution >= 0.6 is 23.1 Å². The van der Waals surface area contributed by atoms with E-state index in [1.54, 1.807) is 0 Å². The summed E-state index contributed by atoms with van der Waals surface area (Å²) >= 11 is 7.49. The van der Waals surface area contributed by atoms with Gasteiger partial charge >= 0.3 is 5.97 Å². The summed E-state index contributed by atoms with van der Waals surface area (Å²) in [7, 11) is 0. The third-order valence-electron chi connectivity index (χ3n) is 4.45. The van der Waals surface area contributed by atoms with E-state index < -0.39 is 0 Å². The first kappa shape index (κ1) is 20.5. The second-order valence-electron chi connectivity index (χ2n) is 6.43. The highest BCUT2D eigenvalue weighted by Gasteiger charge is 2.09. The van der Waals surface area contributed by atoms with Gasteiger partial charge in [0.25, 0.3) is 0 Å². The molecule has 0 radical (unpaired) electrons. The van der Waals surface area contributed by atoms with Crippen molar-refractivity contribution < 1.29 is 9.53 Å². The van der Waals surface area contributed by atoms with Gasteiger partial charge in [0, 0.05) is 36.0 Å². The molecule has 0 saturated heterocycles. The first-order valence-electron chi connectivity index (χ1n) is 9.24. The molecule has 3 aromatic rings. The molecule has 0 saturated carbocycles. The van der Waals surface area contributed by atoms with Gasteiger partial charge in [0.1, 0.15) is 6.61 Å². The number of fused-ring (bicyclic) bond motifs is 1. The number of carbonyl (C=O) groups excluding carboxylic acids is 1. The predicted molar refractivity (Wildman–Crippen MR) is 118 cm³/mol. The molecule has 146 valence electrons. The van der Waals surface area contributed by atoms with Crippen LogP contribution in [0.5, 0.6) is 0 Å². The van der Waals surface area contributed by atoms with Gasteiger partial charge in [-0.05, 0) is 41.8 Å². The normalized spacial score (nSPS) is 11.6. The number of ether oxygens (including phenoxy) is 1. The molecule has 6 heteroatoms. The van der Waals surface area contributed by atoms with Crippen molar-refractivity contribution in [3.05, 3.63) is 59.1 Å². The molecule has 0 aliphatic rings. The van der Waals surface area contributed by atoms with E-state index in [9.17, 15) is 4.79 Å². The Kier molecular flexibility index (Phi) is 7.20. The van der Waals surface area contributed by atoms with Crippen molar-refractivity contribution in [1.82, 2.24) is 9.27 Å². The van der Waals surface area contributed by atoms with Crippen LogP contribution in [0.3, 0.4) is 0 Å². The van der Waals surface area contributed by atoms with Gasteiger partial charge in [-0.3, -0.25) is 9.69 Å². The summed E-state index contributed by atoms with van der Waals surface area (Å²) in [4.78, 5) is 13.1. The number of benzene rings is 2. The fourth-order valence-electron chi connectivity index (χ4n) is 2.91. The zero-order chi connectivity index (χ0) is 19.9. The Labute approximate surface area is 174 Å². The third-order valence-corrected chi connectivity index (χ3v) is 5.51. The highest BCUT2D eigenvalue weighted by Crippen LogP contribution is 2.32. The SMILES string of the molecule is CCN(C/C=C\c1ccc2c(-c3ccc(Cl)cc3)nsc2c1)CCOC(C)=O. The molecular formula is C22H23ClN2O2S. The van der Waals surface area contributed by atoms with Crippen LogP contribution in [0.15, 0.2) is 48.5 Å². The maximum absolute atomic E-state index is 10.9. The number of hydrogen-bond donors (Lipinski definition) is 0. The van der Waals surface area contributed by atoms with Gasteiger partial charge in [0.05, 0.1) is 10.4 Å². The largest absolute Gasteiger partial charge is 0.465 e. The Hall–Kier alpha value is -2.21. The van der Waals surface area contributed by atoms with Gasteiger partial charge in [-0.1, -0.05) is 54.9 Å². The molecule has 0 amide bonds. The zero-order valence-corrected chi connectivity index (χ0v) is 17.6. The number of rotatable bonds is 8. The number of hydrogen-bond acceptors (Lipinski definition) is 5. The highest BCUT2D eigenvalue weighted by atomic mass is 35.5. The van der Waals surface area contributed by atoms with Crippen LogP contribution in [0.4, 0.5) is 0 Å². The Morgan fingerprint density at radius 1 is 1.25 bits per heavy atom. The van der Waals surface area contributed by atoms with Crippen molar-refractivity contribution in [1.29, 1.82) is 0 Å². The van der Waals surface area contributed by atoms with Crippen molar-refractivity contribution >= 4 is 45.3 Å². The Balaban J connectivity index is 1.66. The smallest absolute Gasteiger partial charge is 0.302 e. The van der Waals surface area contributed by atoms with Gasteiger partial charge in [0.15, 0.2) is 0 Å². The molecular weight excluding hydrogens is 392 g/mol. The molecule has 1 heterocycles. The van der Waals surface area contributed by atoms with E-state index in [1.165, 1.54) is 18.5 Å². The van der Waals surface area contributed by atoms with Crippen molar-refractivity contribution in [2.75, 3.05) is 26.2 Å². The summed E-state index contributed by atoms with van der Waals surface area (Å²) in [5.74, 6) is -0.234. The molecule has 1 aromatic heterocycles. The lowest BCUT2D eigenvalue weighted by Gasteiger charge is -2.17. The van der Waals surface area contributed by atoms with Crippen LogP contribution < -0.4 is 0 Å². The molecule has 0 N–H and O–H groups in total. The number of carbonyl (C=O) groups is 1. The van der Waals surface area contributed by atoms with E-state index in [0.717, 1.165) is 51.6 Å². The molecule has 2 aromatic carbocycles. The Bertz CT molecular complexity index is 966. The van der Waals surface area contributed by atoms with Crippen LogP contribution in [0.1, 0.15) is 19.4 Å². The van der Waals surface area contributed by atoms with Gasteiger partial charge < -0.3 is 4.74 Å². The van der Waals surface area contributed by atoms with E-state index in [0.29, 0.717) is 6.61 Å². The second-order valence-corrected chi connectivity index (χ2v) is 7.67. The Morgan fingerprint density at radius 2 is 2.04 bits per heavy atom. The predicted octanol–water partition coefficient (Wildman–Crippen LogP) is 5.51. The fourth-order valence-corrected chi connectivity index (χ4v) is 3.88. The molecule has 0 aliphatic carbocycles. The highest BCUT2D eigenvalue weighted by molar-refractivity contribution is 7.13. The molecule has 28 heavy (non-hydrogen) atoms. The van der Waals surface area contributed by atoms with Crippen LogP contribution in [0, 0.1) is 0 Å². The molecule has 0 fully saturated rings. The van der Waals surface area contributed by atoms with Crippen LogP contribution in [-0.4, -0.2) is 41.5 Å². The summed E-state index contributed by atoms with van der Waals surface area (Å²) < 4.78 is 10.8. The van der Waals surface area contributed by atoms with Crippen molar-refractivity contribution in [2.45, 2.75) is 13.8 Å². The lowest BCUT2D eigenvalue weighted by Crippen LogP contribution is -2.28. The molecule has 0 aliphatic heterocycles. The van der Waals surface area contributed by atoms with E-state index in [1.807, 2.05) is 24.3 Å². The number of likely N-dealkylation sites (N-methyl/N-ethyl adjacent to an activating group) is 1. The van der Waals surface area contributed by atoms with Gasteiger partial charge in [0.2, 0.25) is 0 Å². The summed E-state index contributed by atoms with van der Waals surface area (Å²) in [6.45, 7) is 6.42. The minimum atomic E-state index is -0.234. The fraction of sp³-hybridized carbons (Fsp3) is 0.273. The molecule has 0 atom stereocenters. The topological polar surface area (TPSA) is 42.4 Å². The van der Waals surface area contributed by atoms with Crippen LogP contribution in [-0.2, 0) is 9.53 Å². The van der Waals surface area contributed by atoms with E-state index >= 15 is 0 Å². The number of esters is 1. The lowest BCUT2D eigenvalue weighted by atomic mass is 10.1. The quantitative estimate of drug-likeness (QED) is 0.455. The van der Waals surface area contributed by atoms with Gasteiger partial charge in [-0.25, -0.2) is 0 Å². The monoisotopic (exact) mass is 414 g/mol. The summed E-state index contributed by atoms with van der Waals surface area (Å²) in [6.07, 6.45) is 4.26. The van der Waals surface area contributed by atoms with Crippen molar-refractivity contribution in [3.8, 4) is 11.3 Å². The summed E-state index contributed by atoms with van der Waals surface area (Å²) in [5.41, 5.74) is 3.22. The van der Waals surface area contributed by atoms with E-state index in [-0.39, 0.29) is 5.97 Å². The summed E-state index contributed by atoms with van der Waals surface area (Å²) in [5, 5.41) is 1.88. The van der Waals surface area contributed by atoms with Gasteiger partial charge in [-0.2, -0.15) is 4.37 Å². The molecule has 0 spiro atoms. The summed E-state index contributed by atoms with van der Waals surface area (Å²) in [6, 6.07) is 14.2. The second kappa shape index (κ2) is 9.82. The van der Waals surface area contributed by atoms with E-state index in [2.05, 4.69) is 46.5 Å². The third kappa shape index (κ3) is 5.41. The average molecular weight is 415 g/mol. The average Bonchev–Trinajstić information content (AvgIpc) is 3.10. The minimum Gasteiger partial charge on any atom is -0.465 e. The number of nitrogens with zero attached hydrogens (tertiary/aromatic N) is 2.